The first-order valence-corrected chi connectivity index (χ1v) is 8.51. The first kappa shape index (κ1) is 14.4. The van der Waals surface area contributed by atoms with Crippen LogP contribution in [0.4, 0.5) is 0 Å². The average Bonchev–Trinajstić information content (AvgIpc) is 2.41. The molecule has 106 valence electrons. The fourth-order valence-corrected chi connectivity index (χ4v) is 3.96. The highest BCUT2D eigenvalue weighted by atomic mass is 14.9. The van der Waals surface area contributed by atoms with Crippen molar-refractivity contribution in [3.8, 4) is 0 Å². The minimum Gasteiger partial charge on any atom is -0.314 e. The zero-order valence-corrected chi connectivity index (χ0v) is 12.6. The summed E-state index contributed by atoms with van der Waals surface area (Å²) in [6, 6.07) is 0.839. The van der Waals surface area contributed by atoms with Gasteiger partial charge in [0.15, 0.2) is 0 Å². The van der Waals surface area contributed by atoms with Gasteiger partial charge in [-0.25, -0.2) is 0 Å². The first-order valence-electron chi connectivity index (χ1n) is 8.51. The molecule has 2 saturated carbocycles. The molecule has 1 N–H and O–H groups in total. The highest BCUT2D eigenvalue weighted by Gasteiger charge is 2.21. The average molecular weight is 251 g/mol. The van der Waals surface area contributed by atoms with Crippen molar-refractivity contribution in [1.29, 1.82) is 0 Å². The molecule has 0 amide bonds. The van der Waals surface area contributed by atoms with Crippen LogP contribution < -0.4 is 5.32 Å². The van der Waals surface area contributed by atoms with Crippen molar-refractivity contribution in [3.05, 3.63) is 0 Å². The summed E-state index contributed by atoms with van der Waals surface area (Å²) in [5.41, 5.74) is 0. The summed E-state index contributed by atoms with van der Waals surface area (Å²) < 4.78 is 0. The Morgan fingerprint density at radius 3 is 2.44 bits per heavy atom. The Morgan fingerprint density at radius 1 is 0.944 bits per heavy atom. The van der Waals surface area contributed by atoms with Gasteiger partial charge in [-0.1, -0.05) is 58.8 Å². The third-order valence-corrected chi connectivity index (χ3v) is 5.48. The van der Waals surface area contributed by atoms with Gasteiger partial charge in [-0.15, -0.1) is 0 Å². The SMILES string of the molecule is CCC1CCCC(NCCC2CCC(C)CC2)C1. The van der Waals surface area contributed by atoms with E-state index in [0.717, 1.165) is 23.8 Å². The number of rotatable bonds is 5. The molecule has 2 fully saturated rings. The molecular formula is C17H33N. The molecular weight excluding hydrogens is 218 g/mol. The third-order valence-electron chi connectivity index (χ3n) is 5.48. The van der Waals surface area contributed by atoms with E-state index in [1.807, 2.05) is 0 Å². The van der Waals surface area contributed by atoms with Gasteiger partial charge in [-0.05, 0) is 43.6 Å². The highest BCUT2D eigenvalue weighted by Crippen LogP contribution is 2.30. The smallest absolute Gasteiger partial charge is 0.00697 e. The molecule has 0 aromatic carbocycles. The second-order valence-electron chi connectivity index (χ2n) is 7.01. The summed E-state index contributed by atoms with van der Waals surface area (Å²) in [6.07, 6.45) is 14.6. The van der Waals surface area contributed by atoms with Crippen LogP contribution in [0, 0.1) is 17.8 Å². The molecule has 0 heterocycles. The van der Waals surface area contributed by atoms with Crippen molar-refractivity contribution in [1.82, 2.24) is 5.32 Å². The van der Waals surface area contributed by atoms with Crippen LogP contribution in [0.25, 0.3) is 0 Å². The summed E-state index contributed by atoms with van der Waals surface area (Å²) in [4.78, 5) is 0. The van der Waals surface area contributed by atoms with Crippen LogP contribution in [0.2, 0.25) is 0 Å². The maximum absolute atomic E-state index is 3.84. The molecule has 0 aliphatic heterocycles. The van der Waals surface area contributed by atoms with Crippen molar-refractivity contribution in [2.45, 2.75) is 84.1 Å². The van der Waals surface area contributed by atoms with Crippen LogP contribution in [0.5, 0.6) is 0 Å². The van der Waals surface area contributed by atoms with Crippen LogP contribution in [-0.2, 0) is 0 Å². The summed E-state index contributed by atoms with van der Waals surface area (Å²) >= 11 is 0. The third kappa shape index (κ3) is 4.57. The molecule has 2 aliphatic rings. The highest BCUT2D eigenvalue weighted by molar-refractivity contribution is 4.78. The normalized spacial score (nSPS) is 37.7. The van der Waals surface area contributed by atoms with Gasteiger partial charge in [-0.2, -0.15) is 0 Å². The van der Waals surface area contributed by atoms with E-state index in [0.29, 0.717) is 0 Å². The van der Waals surface area contributed by atoms with Crippen LogP contribution in [0.15, 0.2) is 0 Å². The fraction of sp³-hybridized carbons (Fsp3) is 1.00. The van der Waals surface area contributed by atoms with Crippen LogP contribution in [0.1, 0.15) is 78.1 Å². The summed E-state index contributed by atoms with van der Waals surface area (Å²) in [5.74, 6) is 3.03. The Hall–Kier alpha value is -0.0400. The Kier molecular flexibility index (Phi) is 6.01. The molecule has 0 saturated heterocycles. The summed E-state index contributed by atoms with van der Waals surface area (Å²) in [6.45, 7) is 6.05. The van der Waals surface area contributed by atoms with Crippen molar-refractivity contribution >= 4 is 0 Å². The topological polar surface area (TPSA) is 12.0 Å². The maximum Gasteiger partial charge on any atom is 0.00697 e. The summed E-state index contributed by atoms with van der Waals surface area (Å²) in [7, 11) is 0. The van der Waals surface area contributed by atoms with Gasteiger partial charge < -0.3 is 5.32 Å². The molecule has 18 heavy (non-hydrogen) atoms. The predicted molar refractivity (Wildman–Crippen MR) is 79.8 cm³/mol. The molecule has 0 aromatic rings. The van der Waals surface area contributed by atoms with Gasteiger partial charge in [0.25, 0.3) is 0 Å². The molecule has 2 atom stereocenters. The van der Waals surface area contributed by atoms with E-state index in [9.17, 15) is 0 Å². The van der Waals surface area contributed by atoms with Gasteiger partial charge in [0.05, 0.1) is 0 Å². The molecule has 0 spiro atoms. The lowest BCUT2D eigenvalue weighted by Gasteiger charge is -2.31. The number of hydrogen-bond acceptors (Lipinski definition) is 1. The fourth-order valence-electron chi connectivity index (χ4n) is 3.96. The molecule has 0 bridgehead atoms. The predicted octanol–water partition coefficient (Wildman–Crippen LogP) is 4.76. The first-order chi connectivity index (χ1) is 8.78. The van der Waals surface area contributed by atoms with E-state index in [-0.39, 0.29) is 0 Å². The zero-order valence-electron chi connectivity index (χ0n) is 12.6. The number of hydrogen-bond donors (Lipinski definition) is 1. The maximum atomic E-state index is 3.84. The van der Waals surface area contributed by atoms with Gasteiger partial charge in [0.2, 0.25) is 0 Å². The minimum atomic E-state index is 0.839. The molecule has 1 heteroatoms. The Bertz CT molecular complexity index is 218. The minimum absolute atomic E-state index is 0.839. The van der Waals surface area contributed by atoms with E-state index in [4.69, 9.17) is 0 Å². The van der Waals surface area contributed by atoms with E-state index < -0.39 is 0 Å². The van der Waals surface area contributed by atoms with Gasteiger partial charge >= 0.3 is 0 Å². The standard InChI is InChI=1S/C17H33N/c1-3-15-5-4-6-17(13-15)18-12-11-16-9-7-14(2)8-10-16/h14-18H,3-13H2,1-2H3. The number of nitrogens with one attached hydrogen (secondary N) is 1. The van der Waals surface area contributed by atoms with Gasteiger partial charge in [-0.3, -0.25) is 0 Å². The molecule has 2 unspecified atom stereocenters. The molecule has 2 aliphatic carbocycles. The van der Waals surface area contributed by atoms with Gasteiger partial charge in [0, 0.05) is 6.04 Å². The zero-order chi connectivity index (χ0) is 12.8. The Morgan fingerprint density at radius 2 is 1.72 bits per heavy atom. The van der Waals surface area contributed by atoms with Crippen molar-refractivity contribution in [2.75, 3.05) is 6.54 Å². The lowest BCUT2D eigenvalue weighted by Crippen LogP contribution is -2.35. The van der Waals surface area contributed by atoms with Crippen molar-refractivity contribution < 1.29 is 0 Å². The van der Waals surface area contributed by atoms with E-state index >= 15 is 0 Å². The van der Waals surface area contributed by atoms with E-state index in [2.05, 4.69) is 19.2 Å². The Labute approximate surface area is 114 Å². The van der Waals surface area contributed by atoms with Crippen LogP contribution >= 0.6 is 0 Å². The lowest BCUT2D eigenvalue weighted by atomic mass is 9.81. The molecule has 0 radical (unpaired) electrons. The Balaban J connectivity index is 1.57. The quantitative estimate of drug-likeness (QED) is 0.743. The van der Waals surface area contributed by atoms with Crippen LogP contribution in [0.3, 0.4) is 0 Å². The summed E-state index contributed by atoms with van der Waals surface area (Å²) in [5, 5.41) is 3.84. The lowest BCUT2D eigenvalue weighted by molar-refractivity contribution is 0.251. The molecule has 2 rings (SSSR count). The molecule has 1 nitrogen and oxygen atoms in total. The molecule has 0 aromatic heterocycles. The van der Waals surface area contributed by atoms with E-state index in [1.165, 1.54) is 70.8 Å². The monoisotopic (exact) mass is 251 g/mol. The van der Waals surface area contributed by atoms with Crippen molar-refractivity contribution in [3.63, 3.8) is 0 Å². The second-order valence-corrected chi connectivity index (χ2v) is 7.01. The van der Waals surface area contributed by atoms with Gasteiger partial charge in [0.1, 0.15) is 0 Å². The van der Waals surface area contributed by atoms with Crippen molar-refractivity contribution in [2.24, 2.45) is 17.8 Å². The van der Waals surface area contributed by atoms with Crippen LogP contribution in [-0.4, -0.2) is 12.6 Å². The largest absolute Gasteiger partial charge is 0.314 e. The second kappa shape index (κ2) is 7.53. The van der Waals surface area contributed by atoms with E-state index in [1.54, 1.807) is 0 Å².